The van der Waals surface area contributed by atoms with Crippen LogP contribution in [-0.4, -0.2) is 25.4 Å². The minimum atomic E-state index is -3.59. The molecule has 0 aliphatic heterocycles. The van der Waals surface area contributed by atoms with Crippen molar-refractivity contribution in [2.24, 2.45) is 5.92 Å². The van der Waals surface area contributed by atoms with Crippen molar-refractivity contribution in [2.75, 3.05) is 5.75 Å². The molecule has 1 aliphatic carbocycles. The SMILES string of the molecule is O=S(=O)(CC1CCC(O)CC1)c1ccc(-c2ccc(F)cc2F)cc1Cl. The summed E-state index contributed by atoms with van der Waals surface area (Å²) in [6.07, 6.45) is 2.20. The molecule has 0 aromatic heterocycles. The quantitative estimate of drug-likeness (QED) is 0.815. The van der Waals surface area contributed by atoms with Gasteiger partial charge in [0.05, 0.1) is 21.8 Å². The first-order valence-corrected chi connectivity index (χ1v) is 10.4. The van der Waals surface area contributed by atoms with Crippen molar-refractivity contribution in [3.8, 4) is 11.1 Å². The Morgan fingerprint density at radius 1 is 1.04 bits per heavy atom. The zero-order valence-corrected chi connectivity index (χ0v) is 15.5. The smallest absolute Gasteiger partial charge is 0.180 e. The first kappa shape index (κ1) is 19.3. The number of hydrogen-bond donors (Lipinski definition) is 1. The van der Waals surface area contributed by atoms with Crippen LogP contribution in [0.15, 0.2) is 41.3 Å². The summed E-state index contributed by atoms with van der Waals surface area (Å²) < 4.78 is 52.4. The van der Waals surface area contributed by atoms with Gasteiger partial charge in [0, 0.05) is 11.6 Å². The van der Waals surface area contributed by atoms with Gasteiger partial charge < -0.3 is 5.11 Å². The van der Waals surface area contributed by atoms with Crippen LogP contribution < -0.4 is 0 Å². The standard InChI is InChI=1S/C19H19ClF2O3S/c20-17-9-13(16-7-4-14(21)10-18(16)22)3-8-19(17)26(24,25)11-12-1-5-15(23)6-2-12/h3-4,7-10,12,15,23H,1-2,5-6,11H2. The lowest BCUT2D eigenvalue weighted by Gasteiger charge is -2.25. The van der Waals surface area contributed by atoms with E-state index in [2.05, 4.69) is 0 Å². The molecule has 3 rings (SSSR count). The molecule has 1 fully saturated rings. The second-order valence-corrected chi connectivity index (χ2v) is 9.14. The molecular formula is C19H19ClF2O3S. The molecule has 0 saturated heterocycles. The van der Waals surface area contributed by atoms with Gasteiger partial charge in [-0.2, -0.15) is 0 Å². The summed E-state index contributed by atoms with van der Waals surface area (Å²) in [5.41, 5.74) is 0.533. The Labute approximate surface area is 156 Å². The second-order valence-electron chi connectivity index (χ2n) is 6.73. The number of sulfone groups is 1. The third-order valence-corrected chi connectivity index (χ3v) is 7.14. The van der Waals surface area contributed by atoms with Crippen molar-refractivity contribution in [2.45, 2.75) is 36.7 Å². The van der Waals surface area contributed by atoms with Gasteiger partial charge in [0.2, 0.25) is 0 Å². The summed E-state index contributed by atoms with van der Waals surface area (Å²) in [5, 5.41) is 9.56. The molecule has 26 heavy (non-hydrogen) atoms. The van der Waals surface area contributed by atoms with Crippen LogP contribution in [0.25, 0.3) is 11.1 Å². The summed E-state index contributed by atoms with van der Waals surface area (Å²) in [7, 11) is -3.59. The van der Waals surface area contributed by atoms with E-state index in [0.717, 1.165) is 12.1 Å². The van der Waals surface area contributed by atoms with Crippen LogP contribution in [0.2, 0.25) is 5.02 Å². The minimum Gasteiger partial charge on any atom is -0.393 e. The lowest BCUT2D eigenvalue weighted by Crippen LogP contribution is -2.24. The van der Waals surface area contributed by atoms with E-state index in [9.17, 15) is 22.3 Å². The molecule has 0 heterocycles. The molecule has 2 aromatic carbocycles. The molecule has 7 heteroatoms. The highest BCUT2D eigenvalue weighted by molar-refractivity contribution is 7.91. The molecule has 1 aliphatic rings. The first-order valence-electron chi connectivity index (χ1n) is 8.42. The second kappa shape index (κ2) is 7.62. The van der Waals surface area contributed by atoms with Gasteiger partial charge in [-0.25, -0.2) is 17.2 Å². The van der Waals surface area contributed by atoms with Crippen molar-refractivity contribution in [1.29, 1.82) is 0 Å². The van der Waals surface area contributed by atoms with Crippen LogP contribution in [0, 0.1) is 17.6 Å². The Balaban J connectivity index is 1.84. The maximum absolute atomic E-state index is 13.9. The number of benzene rings is 2. The van der Waals surface area contributed by atoms with Crippen molar-refractivity contribution < 1.29 is 22.3 Å². The van der Waals surface area contributed by atoms with Gasteiger partial charge in [-0.1, -0.05) is 17.7 Å². The maximum atomic E-state index is 13.9. The third-order valence-electron chi connectivity index (χ3n) is 4.78. The van der Waals surface area contributed by atoms with Crippen LogP contribution >= 0.6 is 11.6 Å². The highest BCUT2D eigenvalue weighted by atomic mass is 35.5. The molecule has 0 atom stereocenters. The van der Waals surface area contributed by atoms with E-state index < -0.39 is 21.5 Å². The summed E-state index contributed by atoms with van der Waals surface area (Å²) >= 11 is 6.17. The highest BCUT2D eigenvalue weighted by Gasteiger charge is 2.27. The molecule has 1 N–H and O–H groups in total. The van der Waals surface area contributed by atoms with Gasteiger partial charge in [-0.05, 0) is 61.4 Å². The lowest BCUT2D eigenvalue weighted by atomic mass is 9.89. The van der Waals surface area contributed by atoms with E-state index in [-0.39, 0.29) is 33.3 Å². The monoisotopic (exact) mass is 400 g/mol. The molecule has 0 radical (unpaired) electrons. The normalized spacial score (nSPS) is 20.9. The van der Waals surface area contributed by atoms with Crippen LogP contribution in [0.5, 0.6) is 0 Å². The van der Waals surface area contributed by atoms with Crippen LogP contribution in [0.1, 0.15) is 25.7 Å². The molecule has 2 aromatic rings. The number of rotatable bonds is 4. The van der Waals surface area contributed by atoms with Crippen molar-refractivity contribution in [3.63, 3.8) is 0 Å². The number of aliphatic hydroxyl groups is 1. The Bertz CT molecular complexity index is 907. The molecule has 140 valence electrons. The highest BCUT2D eigenvalue weighted by Crippen LogP contribution is 2.33. The van der Waals surface area contributed by atoms with Gasteiger partial charge in [-0.15, -0.1) is 0 Å². The van der Waals surface area contributed by atoms with E-state index in [1.54, 1.807) is 0 Å². The Kier molecular flexibility index (Phi) is 5.65. The summed E-state index contributed by atoms with van der Waals surface area (Å²) in [6.45, 7) is 0. The van der Waals surface area contributed by atoms with Gasteiger partial charge in [-0.3, -0.25) is 0 Å². The predicted octanol–water partition coefficient (Wildman–Crippen LogP) is 4.61. The van der Waals surface area contributed by atoms with Crippen molar-refractivity contribution >= 4 is 21.4 Å². The van der Waals surface area contributed by atoms with Crippen molar-refractivity contribution in [1.82, 2.24) is 0 Å². The summed E-state index contributed by atoms with van der Waals surface area (Å²) in [5.74, 6) is -1.45. The van der Waals surface area contributed by atoms with E-state index in [0.29, 0.717) is 31.2 Å². The predicted molar refractivity (Wildman–Crippen MR) is 96.8 cm³/mol. The van der Waals surface area contributed by atoms with Crippen LogP contribution in [0.3, 0.4) is 0 Å². The Morgan fingerprint density at radius 3 is 2.35 bits per heavy atom. The van der Waals surface area contributed by atoms with Gasteiger partial charge in [0.1, 0.15) is 11.6 Å². The van der Waals surface area contributed by atoms with Gasteiger partial charge >= 0.3 is 0 Å². The molecule has 1 saturated carbocycles. The molecule has 3 nitrogen and oxygen atoms in total. The van der Waals surface area contributed by atoms with E-state index in [4.69, 9.17) is 11.6 Å². The fourth-order valence-electron chi connectivity index (χ4n) is 3.36. The molecule has 0 bridgehead atoms. The average Bonchev–Trinajstić information content (AvgIpc) is 2.56. The average molecular weight is 401 g/mol. The maximum Gasteiger partial charge on any atom is 0.180 e. The molecule has 0 spiro atoms. The van der Waals surface area contributed by atoms with E-state index in [1.807, 2.05) is 0 Å². The lowest BCUT2D eigenvalue weighted by molar-refractivity contribution is 0.113. The van der Waals surface area contributed by atoms with E-state index >= 15 is 0 Å². The zero-order chi connectivity index (χ0) is 18.9. The minimum absolute atomic E-state index is 0.00585. The Morgan fingerprint density at radius 2 is 1.73 bits per heavy atom. The van der Waals surface area contributed by atoms with Crippen molar-refractivity contribution in [3.05, 3.63) is 53.1 Å². The molecule has 0 unspecified atom stereocenters. The van der Waals surface area contributed by atoms with Gasteiger partial charge in [0.25, 0.3) is 0 Å². The molecule has 0 amide bonds. The number of aliphatic hydroxyl groups excluding tert-OH is 1. The third kappa shape index (κ3) is 4.24. The zero-order valence-electron chi connectivity index (χ0n) is 14.0. The summed E-state index contributed by atoms with van der Waals surface area (Å²) in [6, 6.07) is 7.42. The number of halogens is 3. The van der Waals surface area contributed by atoms with Crippen LogP contribution in [-0.2, 0) is 9.84 Å². The van der Waals surface area contributed by atoms with E-state index in [1.165, 1.54) is 24.3 Å². The largest absolute Gasteiger partial charge is 0.393 e. The van der Waals surface area contributed by atoms with Gasteiger partial charge in [0.15, 0.2) is 9.84 Å². The fourth-order valence-corrected chi connectivity index (χ4v) is 5.65. The molecular weight excluding hydrogens is 382 g/mol. The Hall–Kier alpha value is -1.50. The fraction of sp³-hybridized carbons (Fsp3) is 0.368. The number of hydrogen-bond acceptors (Lipinski definition) is 3. The van der Waals surface area contributed by atoms with Crippen LogP contribution in [0.4, 0.5) is 8.78 Å². The first-order chi connectivity index (χ1) is 12.3. The summed E-state index contributed by atoms with van der Waals surface area (Å²) in [4.78, 5) is 0.0107. The topological polar surface area (TPSA) is 54.4 Å².